The van der Waals surface area contributed by atoms with E-state index in [-0.39, 0.29) is 0 Å². The third-order valence-electron chi connectivity index (χ3n) is 2.72. The molecule has 102 valence electrons. The fourth-order valence-corrected chi connectivity index (χ4v) is 2.90. The maximum atomic E-state index is 10.1. The Hall–Kier alpha value is -0.850. The number of rotatable bonds is 5. The number of thioether (sulfide) groups is 1. The second kappa shape index (κ2) is 6.54. The molecule has 6 heteroatoms. The molecule has 0 bridgehead atoms. The second-order valence-corrected chi connectivity index (χ2v) is 6.40. The van der Waals surface area contributed by atoms with Gasteiger partial charge in [-0.2, -0.15) is 0 Å². The van der Waals surface area contributed by atoms with Crippen LogP contribution in [0.15, 0.2) is 40.2 Å². The van der Waals surface area contributed by atoms with Crippen molar-refractivity contribution in [1.82, 2.24) is 14.8 Å². The summed E-state index contributed by atoms with van der Waals surface area (Å²) < 4.78 is 3.01. The maximum absolute atomic E-state index is 10.1. The van der Waals surface area contributed by atoms with E-state index < -0.39 is 6.10 Å². The summed E-state index contributed by atoms with van der Waals surface area (Å²) in [6, 6.07) is 8.02. The number of aliphatic hydroxyl groups excluding tert-OH is 1. The van der Waals surface area contributed by atoms with E-state index in [4.69, 9.17) is 0 Å². The lowest BCUT2D eigenvalue weighted by atomic mass is 10.1. The molecule has 4 nitrogen and oxygen atoms in total. The Kier molecular flexibility index (Phi) is 5.01. The van der Waals surface area contributed by atoms with Gasteiger partial charge >= 0.3 is 0 Å². The Morgan fingerprint density at radius 3 is 2.63 bits per heavy atom. The van der Waals surface area contributed by atoms with Crippen molar-refractivity contribution >= 4 is 27.7 Å². The van der Waals surface area contributed by atoms with Crippen LogP contribution in [-0.4, -0.2) is 25.6 Å². The lowest BCUT2D eigenvalue weighted by Gasteiger charge is -2.12. The Bertz CT molecular complexity index is 527. The zero-order valence-corrected chi connectivity index (χ0v) is 13.2. The molecule has 1 heterocycles. The van der Waals surface area contributed by atoms with Crippen molar-refractivity contribution in [3.63, 3.8) is 0 Å². The van der Waals surface area contributed by atoms with Crippen molar-refractivity contribution in [2.75, 3.05) is 5.75 Å². The third-order valence-corrected chi connectivity index (χ3v) is 4.28. The number of benzene rings is 1. The highest BCUT2D eigenvalue weighted by Gasteiger charge is 2.12. The molecule has 0 aliphatic rings. The zero-order valence-electron chi connectivity index (χ0n) is 10.8. The van der Waals surface area contributed by atoms with Gasteiger partial charge in [0.05, 0.1) is 6.10 Å². The Balaban J connectivity index is 1.98. The number of nitrogens with zero attached hydrogens (tertiary/aromatic N) is 3. The van der Waals surface area contributed by atoms with Crippen LogP contribution >= 0.6 is 27.7 Å². The van der Waals surface area contributed by atoms with E-state index in [9.17, 15) is 5.11 Å². The van der Waals surface area contributed by atoms with Gasteiger partial charge in [-0.3, -0.25) is 0 Å². The van der Waals surface area contributed by atoms with Crippen molar-refractivity contribution in [1.29, 1.82) is 0 Å². The van der Waals surface area contributed by atoms with E-state index in [1.807, 2.05) is 28.8 Å². The minimum atomic E-state index is -0.504. The number of hydrogen-bond acceptors (Lipinski definition) is 4. The molecule has 19 heavy (non-hydrogen) atoms. The highest BCUT2D eigenvalue weighted by Crippen LogP contribution is 2.25. The summed E-state index contributed by atoms with van der Waals surface area (Å²) in [6.45, 7) is 4.16. The Morgan fingerprint density at radius 2 is 2.00 bits per heavy atom. The van der Waals surface area contributed by atoms with E-state index in [0.717, 1.165) is 15.2 Å². The Labute approximate surface area is 125 Å². The molecule has 0 saturated heterocycles. The van der Waals surface area contributed by atoms with Gasteiger partial charge in [0.15, 0.2) is 5.16 Å². The first-order valence-corrected chi connectivity index (χ1v) is 7.81. The third kappa shape index (κ3) is 3.81. The van der Waals surface area contributed by atoms with Crippen molar-refractivity contribution in [2.24, 2.45) is 0 Å². The fraction of sp³-hybridized carbons (Fsp3) is 0.385. The SMILES string of the molecule is CC(C)n1cnnc1SC[C@@H](O)c1ccc(Br)cc1. The first-order chi connectivity index (χ1) is 9.08. The first kappa shape index (κ1) is 14.6. The van der Waals surface area contributed by atoms with Crippen molar-refractivity contribution in [3.05, 3.63) is 40.6 Å². The largest absolute Gasteiger partial charge is 0.388 e. The summed E-state index contributed by atoms with van der Waals surface area (Å²) in [6.07, 6.45) is 1.22. The molecule has 0 spiro atoms. The van der Waals surface area contributed by atoms with Crippen LogP contribution in [0.1, 0.15) is 31.6 Å². The normalized spacial score (nSPS) is 12.9. The summed E-state index contributed by atoms with van der Waals surface area (Å²) in [7, 11) is 0. The Morgan fingerprint density at radius 1 is 1.32 bits per heavy atom. The lowest BCUT2D eigenvalue weighted by Crippen LogP contribution is -2.04. The van der Waals surface area contributed by atoms with E-state index >= 15 is 0 Å². The highest BCUT2D eigenvalue weighted by atomic mass is 79.9. The summed E-state index contributed by atoms with van der Waals surface area (Å²) in [5, 5.41) is 19.0. The van der Waals surface area contributed by atoms with Crippen molar-refractivity contribution in [3.8, 4) is 0 Å². The molecule has 0 unspecified atom stereocenters. The molecule has 1 aromatic carbocycles. The lowest BCUT2D eigenvalue weighted by molar-refractivity contribution is 0.204. The monoisotopic (exact) mass is 341 g/mol. The van der Waals surface area contributed by atoms with Crippen LogP contribution in [-0.2, 0) is 0 Å². The summed E-state index contributed by atoms with van der Waals surface area (Å²) >= 11 is 4.90. The quantitative estimate of drug-likeness (QED) is 0.846. The predicted octanol–water partition coefficient (Wildman–Crippen LogP) is 3.45. The summed E-state index contributed by atoms with van der Waals surface area (Å²) in [5.41, 5.74) is 0.909. The molecule has 0 aliphatic heterocycles. The van der Waals surface area contributed by atoms with Gasteiger partial charge < -0.3 is 9.67 Å². The standard InChI is InChI=1S/C13H16BrN3OS/c1-9(2)17-8-15-16-13(17)19-7-12(18)10-3-5-11(14)6-4-10/h3-6,8-9,12,18H,7H2,1-2H3/t12-/m1/s1. The molecule has 0 amide bonds. The number of aliphatic hydroxyl groups is 1. The highest BCUT2D eigenvalue weighted by molar-refractivity contribution is 9.10. The van der Waals surface area contributed by atoms with Crippen LogP contribution in [0, 0.1) is 0 Å². The van der Waals surface area contributed by atoms with Crippen LogP contribution in [0.4, 0.5) is 0 Å². The van der Waals surface area contributed by atoms with E-state index in [1.54, 1.807) is 6.33 Å². The summed E-state index contributed by atoms with van der Waals surface area (Å²) in [5.74, 6) is 0.563. The van der Waals surface area contributed by atoms with Crippen LogP contribution in [0.5, 0.6) is 0 Å². The van der Waals surface area contributed by atoms with E-state index in [0.29, 0.717) is 11.8 Å². The smallest absolute Gasteiger partial charge is 0.191 e. The number of halogens is 1. The molecule has 1 atom stereocenters. The molecule has 0 aliphatic carbocycles. The molecule has 1 N–H and O–H groups in total. The fourth-order valence-electron chi connectivity index (χ4n) is 1.62. The number of aromatic nitrogens is 3. The van der Waals surface area contributed by atoms with E-state index in [2.05, 4.69) is 40.0 Å². The van der Waals surface area contributed by atoms with Crippen LogP contribution < -0.4 is 0 Å². The van der Waals surface area contributed by atoms with Gasteiger partial charge in [0, 0.05) is 16.3 Å². The summed E-state index contributed by atoms with van der Waals surface area (Å²) in [4.78, 5) is 0. The van der Waals surface area contributed by atoms with Crippen LogP contribution in [0.25, 0.3) is 0 Å². The van der Waals surface area contributed by atoms with Gasteiger partial charge in [-0.1, -0.05) is 39.8 Å². The molecule has 1 aromatic heterocycles. The average molecular weight is 342 g/mol. The first-order valence-electron chi connectivity index (χ1n) is 6.03. The minimum Gasteiger partial charge on any atom is -0.388 e. The average Bonchev–Trinajstić information content (AvgIpc) is 2.85. The van der Waals surface area contributed by atoms with Gasteiger partial charge in [0.1, 0.15) is 6.33 Å². The van der Waals surface area contributed by atoms with Crippen LogP contribution in [0.3, 0.4) is 0 Å². The molecule has 0 saturated carbocycles. The molecule has 2 aromatic rings. The van der Waals surface area contributed by atoms with Gasteiger partial charge in [-0.25, -0.2) is 0 Å². The maximum Gasteiger partial charge on any atom is 0.191 e. The van der Waals surface area contributed by atoms with Gasteiger partial charge in [0.25, 0.3) is 0 Å². The topological polar surface area (TPSA) is 50.9 Å². The zero-order chi connectivity index (χ0) is 13.8. The molecular weight excluding hydrogens is 326 g/mol. The molecule has 0 fully saturated rings. The van der Waals surface area contributed by atoms with E-state index in [1.165, 1.54) is 11.8 Å². The molecular formula is C13H16BrN3OS. The van der Waals surface area contributed by atoms with Crippen molar-refractivity contribution in [2.45, 2.75) is 31.1 Å². The molecule has 0 radical (unpaired) electrons. The van der Waals surface area contributed by atoms with Crippen molar-refractivity contribution < 1.29 is 5.11 Å². The molecule has 2 rings (SSSR count). The predicted molar refractivity (Wildman–Crippen MR) is 80.2 cm³/mol. The minimum absolute atomic E-state index is 0.322. The second-order valence-electron chi connectivity index (χ2n) is 4.49. The van der Waals surface area contributed by atoms with Crippen LogP contribution in [0.2, 0.25) is 0 Å². The van der Waals surface area contributed by atoms with Gasteiger partial charge in [-0.05, 0) is 31.5 Å². The van der Waals surface area contributed by atoms with Gasteiger partial charge in [0.2, 0.25) is 0 Å². The number of hydrogen-bond donors (Lipinski definition) is 1. The van der Waals surface area contributed by atoms with Gasteiger partial charge in [-0.15, -0.1) is 10.2 Å².